The zero-order valence-corrected chi connectivity index (χ0v) is 92.5. The molecular weight excluding hydrogens is 1790 g/mol. The molecule has 0 bridgehead atoms. The van der Waals surface area contributed by atoms with Gasteiger partial charge in [-0.15, -0.1) is 12.3 Å². The van der Waals surface area contributed by atoms with Crippen molar-refractivity contribution in [1.82, 2.24) is 5.32 Å². The number of nitrogens with one attached hydrogen (secondary N) is 1. The molecule has 0 heterocycles. The minimum absolute atomic E-state index is 0.0568. The van der Waals surface area contributed by atoms with Gasteiger partial charge in [-0.2, -0.15) is 0 Å². The Kier molecular flexibility index (Phi) is 59.7. The number of carbonyl (C=O) groups excluding carboxylic acids is 2. The third kappa shape index (κ3) is 62.2. The molecule has 778 valence electrons. The molecule has 0 aromatic rings. The van der Waals surface area contributed by atoms with Gasteiger partial charge in [0.05, 0.1) is 145 Å². The average molecular weight is 1980 g/mol. The lowest BCUT2D eigenvalue weighted by atomic mass is 9.47. The number of alkyl carbamates (subject to hydrolysis) is 1. The number of phosphoric ester groups is 5. The summed E-state index contributed by atoms with van der Waals surface area (Å²) in [5.74, 6) is 9.09. The quantitative estimate of drug-likeness (QED) is 0.0148. The van der Waals surface area contributed by atoms with Crippen molar-refractivity contribution in [2.24, 2.45) is 64.1 Å². The second-order valence-electron chi connectivity index (χ2n) is 45.4. The highest BCUT2D eigenvalue weighted by atomic mass is 31.2. The van der Waals surface area contributed by atoms with Crippen molar-refractivity contribution in [1.29, 1.82) is 0 Å². The number of unbranched alkanes of at least 4 members (excludes halogenated alkanes) is 7. The summed E-state index contributed by atoms with van der Waals surface area (Å²) >= 11 is 0. The minimum Gasteiger partial charge on any atom is -0.756 e. The number of fused-ring (bicyclic) bond motifs is 5. The van der Waals surface area contributed by atoms with Crippen molar-refractivity contribution in [3.8, 4) is 12.3 Å². The van der Waals surface area contributed by atoms with Crippen molar-refractivity contribution < 1.29 is 134 Å². The van der Waals surface area contributed by atoms with Gasteiger partial charge in [-0.25, -0.2) is 9.59 Å². The first-order chi connectivity index (χ1) is 60.7. The molecule has 5 rings (SSSR count). The van der Waals surface area contributed by atoms with Crippen LogP contribution in [0.15, 0.2) is 35.5 Å². The van der Waals surface area contributed by atoms with Crippen LogP contribution in [0.5, 0.6) is 0 Å². The number of hydrogen-bond acceptors (Lipinski definition) is 24. The average Bonchev–Trinajstić information content (AvgIpc) is 1.43. The second-order valence-corrected chi connectivity index (χ2v) is 52.3. The standard InChI is InChI=1S/C32H58NO4P.C25H52NO4P.C16H32NO4P.C14H29N2O8P.C10H20NO4P/c1-23(2)10-9-11-24(3)28-14-15-29-27-13-12-25-22-26(37-38(34,35)36-21-20-33(6,7)8)16-18-31(25,4)30(27)17-19-32(28,29)5;1-22(2)12-9-13-23(3)14-10-15-24(4)16-11-17-25(5)18-20-29-31(27,28)30-21-19-26(6,7)8;1-5-6-7-8-9-10-11-12-13-15-20-22(18,19)21-16-14-17(2,3)4;1-14(2,3)24-13(18)15-11(12(17)21-7)10-23-25(19,20)22-9-8-16(4,5)6;1-11(2,3)8-9-14-16(12,13)15-10-6-4-5-7-10/h12,23-24,26-30H,9-11,13-22H2,1-8H3;18,22-24H,9-17,19-21H2,1-8H3;1H,6-16H2,2-4H3;11H,8-10H2,1-7H3,(H-,15,18,19,20);4-5,10H,6-9H2,1-3H3/b;25-18+;;;/t24-,26?,27+,28-,29+,30+,31+,32-;23-,24-;;;/m11.../s1. The Morgan fingerprint density at radius 3 is 1.38 bits per heavy atom. The van der Waals surface area contributed by atoms with Crippen LogP contribution >= 0.6 is 39.1 Å². The maximum atomic E-state index is 12.6. The number of esters is 1. The molecule has 0 aromatic carbocycles. The summed E-state index contributed by atoms with van der Waals surface area (Å²) in [6.45, 7) is 31.8. The van der Waals surface area contributed by atoms with Crippen LogP contribution in [0.25, 0.3) is 0 Å². The Labute approximate surface area is 803 Å². The van der Waals surface area contributed by atoms with Crippen molar-refractivity contribution in [2.45, 2.75) is 306 Å². The summed E-state index contributed by atoms with van der Waals surface area (Å²) < 4.78 is 121. The van der Waals surface area contributed by atoms with Gasteiger partial charge in [-0.1, -0.05) is 194 Å². The van der Waals surface area contributed by atoms with E-state index < -0.39 is 69.4 Å². The molecule has 3 fully saturated rings. The molecule has 0 saturated heterocycles. The fourth-order valence-corrected chi connectivity index (χ4v) is 21.4. The number of nitrogens with zero attached hydrogens (tertiary/aromatic N) is 5. The maximum Gasteiger partial charge on any atom is 0.408 e. The van der Waals surface area contributed by atoms with E-state index in [0.717, 1.165) is 125 Å². The Hall–Kier alpha value is -2.13. The van der Waals surface area contributed by atoms with Crippen LogP contribution in [0.4, 0.5) is 4.79 Å². The molecule has 35 heteroatoms. The number of carbonyl (C=O) groups is 2. The molecule has 0 radical (unpaired) electrons. The number of rotatable bonds is 59. The van der Waals surface area contributed by atoms with Gasteiger partial charge in [0.2, 0.25) is 0 Å². The Bertz CT molecular complexity index is 3610. The number of allylic oxidation sites excluding steroid dienone is 2. The molecule has 0 aromatic heterocycles. The first kappa shape index (κ1) is 128. The monoisotopic (exact) mass is 1980 g/mol. The summed E-state index contributed by atoms with van der Waals surface area (Å²) in [7, 11) is 9.23. The van der Waals surface area contributed by atoms with Gasteiger partial charge < -0.3 is 107 Å². The van der Waals surface area contributed by atoms with Crippen molar-refractivity contribution in [3.63, 3.8) is 0 Å². The minimum atomic E-state index is -4.63. The van der Waals surface area contributed by atoms with Gasteiger partial charge in [0.15, 0.2) is 6.04 Å². The molecule has 5 aliphatic rings. The first-order valence-corrected chi connectivity index (χ1v) is 56.6. The Morgan fingerprint density at radius 2 is 0.924 bits per heavy atom. The Morgan fingerprint density at radius 1 is 0.508 bits per heavy atom. The number of terminal acetylenes is 1. The number of quaternary nitrogens is 5. The largest absolute Gasteiger partial charge is 0.756 e. The van der Waals surface area contributed by atoms with E-state index in [0.29, 0.717) is 73.4 Å². The zero-order valence-electron chi connectivity index (χ0n) is 88.0. The van der Waals surface area contributed by atoms with Crippen LogP contribution in [-0.4, -0.2) is 257 Å². The second kappa shape index (κ2) is 61.7. The van der Waals surface area contributed by atoms with E-state index >= 15 is 0 Å². The van der Waals surface area contributed by atoms with Crippen molar-refractivity contribution in [3.05, 3.63) is 35.5 Å². The van der Waals surface area contributed by atoms with Gasteiger partial charge in [0.25, 0.3) is 39.1 Å². The van der Waals surface area contributed by atoms with Gasteiger partial charge in [0.1, 0.15) is 71.4 Å². The molecule has 3 saturated carbocycles. The fourth-order valence-electron chi connectivity index (χ4n) is 17.5. The molecular formula is C97H191N6O24P5. The van der Waals surface area contributed by atoms with Gasteiger partial charge >= 0.3 is 12.1 Å². The van der Waals surface area contributed by atoms with Crippen LogP contribution in [0, 0.1) is 76.4 Å². The smallest absolute Gasteiger partial charge is 0.408 e. The topological polar surface area (TPSA) is 358 Å². The summed E-state index contributed by atoms with van der Waals surface area (Å²) in [5, 5.41) is 2.20. The number of phosphoric acid groups is 5. The summed E-state index contributed by atoms with van der Waals surface area (Å²) in [4.78, 5) is 82.4. The highest BCUT2D eigenvalue weighted by Gasteiger charge is 2.59. The van der Waals surface area contributed by atoms with E-state index in [4.69, 9.17) is 51.9 Å². The molecule has 1 amide bonds. The Balaban J connectivity index is 0.000000849. The molecule has 16 atom stereocenters. The summed E-state index contributed by atoms with van der Waals surface area (Å²) in [5.41, 5.74) is 2.55. The predicted molar refractivity (Wildman–Crippen MR) is 521 cm³/mol. The number of hydrogen-bond donors (Lipinski definition) is 1. The van der Waals surface area contributed by atoms with Crippen LogP contribution in [0.1, 0.15) is 283 Å². The molecule has 5 aliphatic carbocycles. The van der Waals surface area contributed by atoms with Crippen LogP contribution in [0.2, 0.25) is 0 Å². The normalized spacial score (nSPS) is 23.4. The van der Waals surface area contributed by atoms with Gasteiger partial charge in [-0.05, 0) is 182 Å². The number of likely N-dealkylation sites (N-methyl/N-ethyl adjacent to an activating group) is 5. The van der Waals surface area contributed by atoms with Crippen LogP contribution in [0.3, 0.4) is 0 Å². The molecule has 1 N–H and O–H groups in total. The molecule has 30 nitrogen and oxygen atoms in total. The lowest BCUT2D eigenvalue weighted by Gasteiger charge is -2.58. The molecule has 7 unspecified atom stereocenters. The van der Waals surface area contributed by atoms with E-state index in [-0.39, 0.29) is 63.9 Å². The van der Waals surface area contributed by atoms with Crippen molar-refractivity contribution >= 4 is 51.2 Å². The van der Waals surface area contributed by atoms with Gasteiger partial charge in [0, 0.05) is 6.42 Å². The van der Waals surface area contributed by atoms with E-state index in [2.05, 4.69) is 88.9 Å². The zero-order chi connectivity index (χ0) is 101. The van der Waals surface area contributed by atoms with Crippen molar-refractivity contribution in [2.75, 3.05) is 198 Å². The number of ether oxygens (including phenoxy) is 2. The predicted octanol–water partition coefficient (Wildman–Crippen LogP) is 18.3. The molecule has 0 aliphatic heterocycles. The SMILES string of the molecule is C#CCCCCCCCCCOP(=O)([O-])OCC[N+](C)(C)C.C/C(=C\COP(=O)([O-])OCC[N+](C)(C)C)CCC[C@H](C)CCC[C@H](C)CCCC(C)C.CC(C)CCC[C@@H](C)[C@H]1CC[C@H]2[C@@H]3CC=C4CC(OP(=O)([O-])OCC[N+](C)(C)C)CC[C@]4(C)[C@H]3CC[C@]12C.COC(=O)C(COP(=O)([O-])OCC[N+](C)(C)C)NC(=O)OC(C)(C)C.C[N+](C)(C)CCOP(=O)([O-])OC1CC=CC1. The molecule has 0 spiro atoms. The highest BCUT2D eigenvalue weighted by Crippen LogP contribution is 2.68. The fraction of sp³-hybridized carbons (Fsp3) is 0.897. The number of methoxy groups -OCH3 is 1. The van der Waals surface area contributed by atoms with E-state index in [1.165, 1.54) is 127 Å². The highest BCUT2D eigenvalue weighted by molar-refractivity contribution is 7.46. The lowest BCUT2D eigenvalue weighted by molar-refractivity contribution is -0.870. The van der Waals surface area contributed by atoms with Crippen LogP contribution < -0.4 is 29.8 Å². The lowest BCUT2D eigenvalue weighted by Crippen LogP contribution is -2.51. The maximum absolute atomic E-state index is 12.6. The third-order valence-electron chi connectivity index (χ3n) is 25.4. The number of amides is 1. The van der Waals surface area contributed by atoms with Crippen LogP contribution in [-0.2, 0) is 82.3 Å². The summed E-state index contributed by atoms with van der Waals surface area (Å²) in [6.07, 6.45) is 46.4. The van der Waals surface area contributed by atoms with E-state index in [1.807, 2.05) is 131 Å². The summed E-state index contributed by atoms with van der Waals surface area (Å²) in [6, 6.07) is -1.36. The van der Waals surface area contributed by atoms with E-state index in [1.54, 1.807) is 20.8 Å². The first-order valence-electron chi connectivity index (χ1n) is 49.3. The van der Waals surface area contributed by atoms with E-state index in [9.17, 15) is 56.9 Å². The van der Waals surface area contributed by atoms with Gasteiger partial charge in [-0.3, -0.25) is 22.8 Å². The third-order valence-corrected chi connectivity index (χ3v) is 30.5. The molecule has 132 heavy (non-hydrogen) atoms.